The molecule has 1 heterocycles. The van der Waals surface area contributed by atoms with Crippen molar-refractivity contribution in [2.45, 2.75) is 6.92 Å². The predicted octanol–water partition coefficient (Wildman–Crippen LogP) is 3.48. The van der Waals surface area contributed by atoms with E-state index in [0.717, 1.165) is 38.4 Å². The predicted molar refractivity (Wildman–Crippen MR) is 97.1 cm³/mol. The Labute approximate surface area is 141 Å². The lowest BCUT2D eigenvalue weighted by Gasteiger charge is -2.35. The Morgan fingerprint density at radius 1 is 1.04 bits per heavy atom. The molecule has 2 aromatic carbocycles. The van der Waals surface area contributed by atoms with Crippen LogP contribution in [-0.4, -0.2) is 42.5 Å². The topological polar surface area (TPSA) is 61.6 Å². The number of para-hydroxylation sites is 2. The van der Waals surface area contributed by atoms with E-state index in [4.69, 9.17) is 0 Å². The van der Waals surface area contributed by atoms with Gasteiger partial charge in [0.1, 0.15) is 5.69 Å². The van der Waals surface area contributed by atoms with E-state index in [9.17, 15) is 10.1 Å². The van der Waals surface area contributed by atoms with Gasteiger partial charge in [-0.1, -0.05) is 19.1 Å². The molecular weight excluding hydrogens is 304 g/mol. The van der Waals surface area contributed by atoms with E-state index >= 15 is 0 Å². The van der Waals surface area contributed by atoms with Crippen LogP contribution in [0.3, 0.4) is 0 Å². The number of nitro benzene ring substituents is 1. The first-order valence-electron chi connectivity index (χ1n) is 8.25. The van der Waals surface area contributed by atoms with Crippen LogP contribution in [0.1, 0.15) is 6.92 Å². The third kappa shape index (κ3) is 3.65. The Balaban J connectivity index is 1.68. The van der Waals surface area contributed by atoms with Gasteiger partial charge in [-0.15, -0.1) is 0 Å². The Bertz CT molecular complexity index is 694. The number of rotatable bonds is 5. The fraction of sp³-hybridized carbons (Fsp3) is 0.333. The van der Waals surface area contributed by atoms with Gasteiger partial charge in [-0.2, -0.15) is 0 Å². The Morgan fingerprint density at radius 3 is 2.33 bits per heavy atom. The molecule has 1 aliphatic heterocycles. The summed E-state index contributed by atoms with van der Waals surface area (Å²) < 4.78 is 0. The maximum Gasteiger partial charge on any atom is 0.292 e. The summed E-state index contributed by atoms with van der Waals surface area (Å²) in [5, 5.41) is 14.2. The molecule has 1 saturated heterocycles. The molecule has 0 saturated carbocycles. The van der Waals surface area contributed by atoms with E-state index in [-0.39, 0.29) is 10.6 Å². The lowest BCUT2D eigenvalue weighted by molar-refractivity contribution is -0.383. The lowest BCUT2D eigenvalue weighted by atomic mass is 10.2. The molecule has 0 unspecified atom stereocenters. The molecule has 6 heteroatoms. The smallest absolute Gasteiger partial charge is 0.292 e. The molecule has 3 rings (SSSR count). The van der Waals surface area contributed by atoms with Crippen LogP contribution in [0.25, 0.3) is 0 Å². The van der Waals surface area contributed by atoms with Crippen LogP contribution >= 0.6 is 0 Å². The maximum atomic E-state index is 11.1. The number of piperazine rings is 1. The molecule has 2 aromatic rings. The van der Waals surface area contributed by atoms with E-state index < -0.39 is 0 Å². The molecule has 0 bridgehead atoms. The van der Waals surface area contributed by atoms with Gasteiger partial charge >= 0.3 is 0 Å². The standard InChI is InChI=1S/C18H22N4O2/c1-2-20-11-13-21(14-12-20)16-9-7-15(8-10-16)19-17-5-3-4-6-18(17)22(23)24/h3-10,19H,2,11-14H2,1H3. The summed E-state index contributed by atoms with van der Waals surface area (Å²) in [6.07, 6.45) is 0. The van der Waals surface area contributed by atoms with Crippen molar-refractivity contribution in [3.8, 4) is 0 Å². The number of nitrogens with zero attached hydrogens (tertiary/aromatic N) is 3. The van der Waals surface area contributed by atoms with Gasteiger partial charge in [0.25, 0.3) is 5.69 Å². The monoisotopic (exact) mass is 326 g/mol. The molecule has 0 aliphatic carbocycles. The molecule has 126 valence electrons. The summed E-state index contributed by atoms with van der Waals surface area (Å²) in [7, 11) is 0. The summed E-state index contributed by atoms with van der Waals surface area (Å²) >= 11 is 0. The average Bonchev–Trinajstić information content (AvgIpc) is 2.63. The highest BCUT2D eigenvalue weighted by Crippen LogP contribution is 2.28. The van der Waals surface area contributed by atoms with Gasteiger partial charge in [0.15, 0.2) is 0 Å². The quantitative estimate of drug-likeness (QED) is 0.673. The van der Waals surface area contributed by atoms with E-state index in [1.165, 1.54) is 11.8 Å². The summed E-state index contributed by atoms with van der Waals surface area (Å²) in [6.45, 7) is 7.54. The van der Waals surface area contributed by atoms with Crippen LogP contribution in [0.2, 0.25) is 0 Å². The normalized spacial score (nSPS) is 15.3. The molecule has 0 aromatic heterocycles. The highest BCUT2D eigenvalue weighted by molar-refractivity contribution is 5.70. The largest absolute Gasteiger partial charge is 0.369 e. The van der Waals surface area contributed by atoms with Crippen LogP contribution < -0.4 is 10.2 Å². The van der Waals surface area contributed by atoms with Crippen LogP contribution in [0, 0.1) is 10.1 Å². The molecule has 6 nitrogen and oxygen atoms in total. The number of hydrogen-bond donors (Lipinski definition) is 1. The lowest BCUT2D eigenvalue weighted by Crippen LogP contribution is -2.46. The maximum absolute atomic E-state index is 11.1. The molecule has 0 spiro atoms. The zero-order valence-corrected chi connectivity index (χ0v) is 13.8. The first-order valence-corrected chi connectivity index (χ1v) is 8.25. The summed E-state index contributed by atoms with van der Waals surface area (Å²) in [6, 6.07) is 14.8. The second-order valence-corrected chi connectivity index (χ2v) is 5.87. The van der Waals surface area contributed by atoms with Gasteiger partial charge in [-0.05, 0) is 36.9 Å². The average molecular weight is 326 g/mol. The van der Waals surface area contributed by atoms with Gasteiger partial charge in [-0.3, -0.25) is 10.1 Å². The van der Waals surface area contributed by atoms with E-state index in [1.807, 2.05) is 12.1 Å². The van der Waals surface area contributed by atoms with Crippen molar-refractivity contribution in [3.05, 3.63) is 58.6 Å². The number of anilines is 3. The Hall–Kier alpha value is -2.60. The number of nitrogens with one attached hydrogen (secondary N) is 1. The molecule has 0 atom stereocenters. The van der Waals surface area contributed by atoms with E-state index in [0.29, 0.717) is 5.69 Å². The van der Waals surface area contributed by atoms with Crippen LogP contribution in [-0.2, 0) is 0 Å². The van der Waals surface area contributed by atoms with Crippen LogP contribution in [0.4, 0.5) is 22.7 Å². The molecule has 0 radical (unpaired) electrons. The molecule has 1 N–H and O–H groups in total. The van der Waals surface area contributed by atoms with Crippen molar-refractivity contribution < 1.29 is 4.92 Å². The van der Waals surface area contributed by atoms with Crippen molar-refractivity contribution in [1.82, 2.24) is 4.90 Å². The van der Waals surface area contributed by atoms with Gasteiger partial charge in [0, 0.05) is 43.6 Å². The highest BCUT2D eigenvalue weighted by atomic mass is 16.6. The van der Waals surface area contributed by atoms with Crippen molar-refractivity contribution in [2.75, 3.05) is 42.9 Å². The molecular formula is C18H22N4O2. The third-order valence-corrected chi connectivity index (χ3v) is 4.43. The van der Waals surface area contributed by atoms with Crippen molar-refractivity contribution in [2.24, 2.45) is 0 Å². The zero-order chi connectivity index (χ0) is 16.9. The number of likely N-dealkylation sites (N-methyl/N-ethyl adjacent to an activating group) is 1. The zero-order valence-electron chi connectivity index (χ0n) is 13.8. The second-order valence-electron chi connectivity index (χ2n) is 5.87. The number of nitro groups is 1. The first-order chi connectivity index (χ1) is 11.7. The Morgan fingerprint density at radius 2 is 1.71 bits per heavy atom. The van der Waals surface area contributed by atoms with Crippen LogP contribution in [0.15, 0.2) is 48.5 Å². The Kier molecular flexibility index (Phi) is 4.96. The van der Waals surface area contributed by atoms with Crippen LogP contribution in [0.5, 0.6) is 0 Å². The molecule has 1 aliphatic rings. The second kappa shape index (κ2) is 7.31. The molecule has 1 fully saturated rings. The summed E-state index contributed by atoms with van der Waals surface area (Å²) in [5.74, 6) is 0. The van der Waals surface area contributed by atoms with Crippen molar-refractivity contribution in [1.29, 1.82) is 0 Å². The minimum absolute atomic E-state index is 0.0808. The summed E-state index contributed by atoms with van der Waals surface area (Å²) in [5.41, 5.74) is 2.63. The molecule has 24 heavy (non-hydrogen) atoms. The van der Waals surface area contributed by atoms with E-state index in [1.54, 1.807) is 18.2 Å². The van der Waals surface area contributed by atoms with Gasteiger partial charge in [0.2, 0.25) is 0 Å². The fourth-order valence-electron chi connectivity index (χ4n) is 2.97. The third-order valence-electron chi connectivity index (χ3n) is 4.43. The first kappa shape index (κ1) is 16.3. The fourth-order valence-corrected chi connectivity index (χ4v) is 2.97. The summed E-state index contributed by atoms with van der Waals surface area (Å²) in [4.78, 5) is 15.5. The van der Waals surface area contributed by atoms with Gasteiger partial charge in [-0.25, -0.2) is 0 Å². The highest BCUT2D eigenvalue weighted by Gasteiger charge is 2.16. The number of hydrogen-bond acceptors (Lipinski definition) is 5. The SMILES string of the molecule is CCN1CCN(c2ccc(Nc3ccccc3[N+](=O)[O-])cc2)CC1. The van der Waals surface area contributed by atoms with Gasteiger partial charge in [0.05, 0.1) is 4.92 Å². The van der Waals surface area contributed by atoms with E-state index in [2.05, 4.69) is 34.2 Å². The van der Waals surface area contributed by atoms with Gasteiger partial charge < -0.3 is 15.1 Å². The number of benzene rings is 2. The minimum Gasteiger partial charge on any atom is -0.369 e. The van der Waals surface area contributed by atoms with Crippen molar-refractivity contribution in [3.63, 3.8) is 0 Å². The van der Waals surface area contributed by atoms with Crippen molar-refractivity contribution >= 4 is 22.7 Å². The molecule has 0 amide bonds. The minimum atomic E-state index is -0.371.